The molecule has 2 rings (SSSR count). The minimum Gasteiger partial charge on any atom is -0.466 e. The lowest BCUT2D eigenvalue weighted by Crippen LogP contribution is -2.48. The third-order valence-corrected chi connectivity index (χ3v) is 4.66. The molecule has 0 atom stereocenters. The summed E-state index contributed by atoms with van der Waals surface area (Å²) in [6.45, 7) is 6.61. The smallest absolute Gasteiger partial charge is 0.305 e. The van der Waals surface area contributed by atoms with E-state index in [9.17, 15) is 9.59 Å². The van der Waals surface area contributed by atoms with E-state index in [4.69, 9.17) is 16.3 Å². The Hall–Kier alpha value is -1.59. The Labute approximate surface area is 154 Å². The summed E-state index contributed by atoms with van der Waals surface area (Å²) in [4.78, 5) is 28.0. The van der Waals surface area contributed by atoms with Gasteiger partial charge in [0.25, 0.3) is 5.91 Å². The van der Waals surface area contributed by atoms with Crippen LogP contribution in [-0.4, -0.2) is 61.0 Å². The van der Waals surface area contributed by atoms with Crippen molar-refractivity contribution < 1.29 is 14.3 Å². The van der Waals surface area contributed by atoms with Crippen molar-refractivity contribution in [2.24, 2.45) is 0 Å². The van der Waals surface area contributed by atoms with Gasteiger partial charge in [-0.25, -0.2) is 0 Å². The quantitative estimate of drug-likeness (QED) is 0.523. The lowest BCUT2D eigenvalue weighted by molar-refractivity contribution is -0.143. The maximum Gasteiger partial charge on any atom is 0.305 e. The number of ether oxygens (including phenoxy) is 1. The number of carbonyl (C=O) groups is 2. The highest BCUT2D eigenvalue weighted by atomic mass is 35.5. The number of unbranched alkanes of at least 4 members (excludes halogenated alkanes) is 2. The zero-order valence-electron chi connectivity index (χ0n) is 14.9. The van der Waals surface area contributed by atoms with Crippen LogP contribution in [0.15, 0.2) is 24.3 Å². The van der Waals surface area contributed by atoms with Crippen LogP contribution in [0.1, 0.15) is 43.0 Å². The molecular weight excluding hydrogens is 340 g/mol. The highest BCUT2D eigenvalue weighted by Crippen LogP contribution is 2.13. The number of benzene rings is 1. The summed E-state index contributed by atoms with van der Waals surface area (Å²) in [5.74, 6) is -0.0254. The molecule has 6 heteroatoms. The minimum absolute atomic E-state index is 0.0748. The molecule has 1 amide bonds. The van der Waals surface area contributed by atoms with Crippen LogP contribution < -0.4 is 0 Å². The Kier molecular flexibility index (Phi) is 8.22. The van der Waals surface area contributed by atoms with Gasteiger partial charge < -0.3 is 9.64 Å². The second-order valence-corrected chi connectivity index (χ2v) is 6.69. The Bertz CT molecular complexity index is 554. The number of rotatable bonds is 8. The van der Waals surface area contributed by atoms with Crippen LogP contribution >= 0.6 is 11.6 Å². The molecule has 1 fully saturated rings. The highest BCUT2D eigenvalue weighted by Gasteiger charge is 2.21. The van der Waals surface area contributed by atoms with E-state index in [-0.39, 0.29) is 11.9 Å². The van der Waals surface area contributed by atoms with Gasteiger partial charge in [0.15, 0.2) is 0 Å². The maximum absolute atomic E-state index is 12.5. The van der Waals surface area contributed by atoms with Gasteiger partial charge in [-0.15, -0.1) is 0 Å². The fraction of sp³-hybridized carbons (Fsp3) is 0.579. The minimum atomic E-state index is -0.100. The number of esters is 1. The average Bonchev–Trinajstić information content (AvgIpc) is 2.62. The molecule has 0 radical (unpaired) electrons. The molecule has 0 N–H and O–H groups in total. The summed E-state index contributed by atoms with van der Waals surface area (Å²) in [5, 5.41) is 0.643. The van der Waals surface area contributed by atoms with Crippen molar-refractivity contribution in [3.8, 4) is 0 Å². The Morgan fingerprint density at radius 1 is 1.04 bits per heavy atom. The van der Waals surface area contributed by atoms with Crippen molar-refractivity contribution in [3.63, 3.8) is 0 Å². The van der Waals surface area contributed by atoms with Gasteiger partial charge in [-0.1, -0.05) is 18.0 Å². The van der Waals surface area contributed by atoms with Gasteiger partial charge in [0.2, 0.25) is 0 Å². The van der Waals surface area contributed by atoms with Crippen molar-refractivity contribution in [2.45, 2.75) is 32.6 Å². The molecule has 1 aromatic carbocycles. The lowest BCUT2D eigenvalue weighted by atomic mass is 10.1. The highest BCUT2D eigenvalue weighted by molar-refractivity contribution is 6.30. The van der Waals surface area contributed by atoms with Crippen LogP contribution in [0, 0.1) is 0 Å². The number of amides is 1. The second kappa shape index (κ2) is 10.4. The lowest BCUT2D eigenvalue weighted by Gasteiger charge is -2.34. The Morgan fingerprint density at radius 3 is 2.36 bits per heavy atom. The van der Waals surface area contributed by atoms with E-state index in [1.807, 2.05) is 11.8 Å². The van der Waals surface area contributed by atoms with Crippen molar-refractivity contribution in [1.82, 2.24) is 9.80 Å². The van der Waals surface area contributed by atoms with Crippen molar-refractivity contribution in [2.75, 3.05) is 39.3 Å². The van der Waals surface area contributed by atoms with Crippen molar-refractivity contribution in [3.05, 3.63) is 34.9 Å². The number of hydrogen-bond donors (Lipinski definition) is 0. The predicted octanol–water partition coefficient (Wildman–Crippen LogP) is 3.22. The summed E-state index contributed by atoms with van der Waals surface area (Å²) >= 11 is 5.87. The topological polar surface area (TPSA) is 49.9 Å². The number of piperazine rings is 1. The SMILES string of the molecule is CCOC(=O)CCCCCN1CCN(C(=O)c2ccc(Cl)cc2)CC1. The van der Waals surface area contributed by atoms with Gasteiger partial charge in [0.05, 0.1) is 6.61 Å². The zero-order chi connectivity index (χ0) is 18.1. The first kappa shape index (κ1) is 19.7. The van der Waals surface area contributed by atoms with Crippen LogP contribution in [-0.2, 0) is 9.53 Å². The molecule has 0 aromatic heterocycles. The third kappa shape index (κ3) is 6.67. The number of carbonyl (C=O) groups excluding carboxylic acids is 2. The van der Waals surface area contributed by atoms with Gasteiger partial charge in [0, 0.05) is 43.2 Å². The molecular formula is C19H27ClN2O3. The number of halogens is 1. The van der Waals surface area contributed by atoms with Crippen LogP contribution in [0.2, 0.25) is 5.02 Å². The van der Waals surface area contributed by atoms with E-state index in [2.05, 4.69) is 4.90 Å². The average molecular weight is 367 g/mol. The summed E-state index contributed by atoms with van der Waals surface area (Å²) in [7, 11) is 0. The molecule has 1 heterocycles. The van der Waals surface area contributed by atoms with E-state index < -0.39 is 0 Å². The molecule has 0 bridgehead atoms. The predicted molar refractivity (Wildman–Crippen MR) is 98.9 cm³/mol. The molecule has 0 saturated carbocycles. The summed E-state index contributed by atoms with van der Waals surface area (Å²) in [6, 6.07) is 7.06. The normalized spacial score (nSPS) is 15.2. The zero-order valence-corrected chi connectivity index (χ0v) is 15.6. The maximum atomic E-state index is 12.5. The molecule has 1 aliphatic heterocycles. The third-order valence-electron chi connectivity index (χ3n) is 4.41. The number of hydrogen-bond acceptors (Lipinski definition) is 4. The fourth-order valence-corrected chi connectivity index (χ4v) is 3.09. The largest absolute Gasteiger partial charge is 0.466 e. The van der Waals surface area contributed by atoms with E-state index in [1.165, 1.54) is 0 Å². The van der Waals surface area contributed by atoms with E-state index in [1.54, 1.807) is 24.3 Å². The second-order valence-electron chi connectivity index (χ2n) is 6.26. The molecule has 0 unspecified atom stereocenters. The Morgan fingerprint density at radius 2 is 1.72 bits per heavy atom. The van der Waals surface area contributed by atoms with E-state index >= 15 is 0 Å². The molecule has 1 aliphatic rings. The fourth-order valence-electron chi connectivity index (χ4n) is 2.96. The van der Waals surface area contributed by atoms with Gasteiger partial charge in [-0.05, 0) is 50.6 Å². The molecule has 1 saturated heterocycles. The van der Waals surface area contributed by atoms with Gasteiger partial charge in [0.1, 0.15) is 0 Å². The van der Waals surface area contributed by atoms with Gasteiger partial charge in [-0.3, -0.25) is 14.5 Å². The first-order valence-corrected chi connectivity index (χ1v) is 9.40. The van der Waals surface area contributed by atoms with Crippen LogP contribution in [0.4, 0.5) is 0 Å². The number of nitrogens with zero attached hydrogens (tertiary/aromatic N) is 2. The standard InChI is InChI=1S/C19H27ClN2O3/c1-2-25-18(23)6-4-3-5-11-21-12-14-22(15-13-21)19(24)16-7-9-17(20)10-8-16/h7-10H,2-6,11-15H2,1H3. The molecule has 25 heavy (non-hydrogen) atoms. The van der Waals surface area contributed by atoms with Gasteiger partial charge in [-0.2, -0.15) is 0 Å². The molecule has 0 spiro atoms. The summed E-state index contributed by atoms with van der Waals surface area (Å²) in [5.41, 5.74) is 0.691. The first-order valence-electron chi connectivity index (χ1n) is 9.03. The van der Waals surface area contributed by atoms with E-state index in [0.717, 1.165) is 52.0 Å². The van der Waals surface area contributed by atoms with Crippen LogP contribution in [0.5, 0.6) is 0 Å². The van der Waals surface area contributed by atoms with Crippen LogP contribution in [0.3, 0.4) is 0 Å². The van der Waals surface area contributed by atoms with Crippen LogP contribution in [0.25, 0.3) is 0 Å². The molecule has 138 valence electrons. The first-order chi connectivity index (χ1) is 12.1. The summed E-state index contributed by atoms with van der Waals surface area (Å²) < 4.78 is 4.92. The monoisotopic (exact) mass is 366 g/mol. The van der Waals surface area contributed by atoms with Gasteiger partial charge >= 0.3 is 5.97 Å². The van der Waals surface area contributed by atoms with Crippen molar-refractivity contribution >= 4 is 23.5 Å². The Balaban J connectivity index is 1.62. The van der Waals surface area contributed by atoms with Crippen molar-refractivity contribution in [1.29, 1.82) is 0 Å². The molecule has 0 aliphatic carbocycles. The molecule has 1 aromatic rings. The van der Waals surface area contributed by atoms with E-state index in [0.29, 0.717) is 23.6 Å². The summed E-state index contributed by atoms with van der Waals surface area (Å²) in [6.07, 6.45) is 3.50. The molecule has 5 nitrogen and oxygen atoms in total.